The summed E-state index contributed by atoms with van der Waals surface area (Å²) in [6.07, 6.45) is 3.56. The summed E-state index contributed by atoms with van der Waals surface area (Å²) in [4.78, 5) is 0. The Labute approximate surface area is 131 Å². The van der Waals surface area contributed by atoms with Crippen molar-refractivity contribution in [1.82, 2.24) is 0 Å². The maximum absolute atomic E-state index is 13.2. The van der Waals surface area contributed by atoms with Crippen molar-refractivity contribution in [2.75, 3.05) is 5.32 Å². The van der Waals surface area contributed by atoms with E-state index in [9.17, 15) is 4.39 Å². The van der Waals surface area contributed by atoms with Crippen LogP contribution in [-0.2, 0) is 6.42 Å². The SMILES string of the molecule is CCCCc1ccc(NC(C)c2ccc(F)c(Cl)c2)cc1. The van der Waals surface area contributed by atoms with E-state index in [1.165, 1.54) is 24.5 Å². The molecule has 0 bridgehead atoms. The minimum Gasteiger partial charge on any atom is -0.379 e. The lowest BCUT2D eigenvalue weighted by molar-refractivity contribution is 0.627. The molecular formula is C18H21ClFN. The van der Waals surface area contributed by atoms with Gasteiger partial charge in [-0.15, -0.1) is 0 Å². The van der Waals surface area contributed by atoms with E-state index in [0.717, 1.165) is 17.7 Å². The fourth-order valence-electron chi connectivity index (χ4n) is 2.26. The molecule has 0 amide bonds. The van der Waals surface area contributed by atoms with Gasteiger partial charge in [0, 0.05) is 11.7 Å². The second-order valence-electron chi connectivity index (χ2n) is 5.34. The van der Waals surface area contributed by atoms with E-state index in [-0.39, 0.29) is 16.9 Å². The lowest BCUT2D eigenvalue weighted by Crippen LogP contribution is -2.06. The van der Waals surface area contributed by atoms with Gasteiger partial charge in [0.15, 0.2) is 0 Å². The number of unbranched alkanes of at least 4 members (excludes halogenated alkanes) is 1. The van der Waals surface area contributed by atoms with Crippen LogP contribution in [0, 0.1) is 5.82 Å². The van der Waals surface area contributed by atoms with Gasteiger partial charge in [-0.3, -0.25) is 0 Å². The second-order valence-corrected chi connectivity index (χ2v) is 5.75. The largest absolute Gasteiger partial charge is 0.379 e. The summed E-state index contributed by atoms with van der Waals surface area (Å²) in [7, 11) is 0. The van der Waals surface area contributed by atoms with Crippen molar-refractivity contribution < 1.29 is 4.39 Å². The van der Waals surface area contributed by atoms with Gasteiger partial charge in [-0.05, 0) is 55.2 Å². The lowest BCUT2D eigenvalue weighted by atomic mass is 10.1. The van der Waals surface area contributed by atoms with Crippen LogP contribution in [0.1, 0.15) is 43.9 Å². The molecule has 21 heavy (non-hydrogen) atoms. The molecule has 0 aliphatic rings. The summed E-state index contributed by atoms with van der Waals surface area (Å²) in [6, 6.07) is 13.4. The first-order valence-corrected chi connectivity index (χ1v) is 7.78. The molecule has 0 heterocycles. The predicted molar refractivity (Wildman–Crippen MR) is 88.5 cm³/mol. The highest BCUT2D eigenvalue weighted by Gasteiger charge is 2.08. The van der Waals surface area contributed by atoms with Crippen LogP contribution in [0.15, 0.2) is 42.5 Å². The fraction of sp³-hybridized carbons (Fsp3) is 0.333. The second kappa shape index (κ2) is 7.46. The first-order valence-electron chi connectivity index (χ1n) is 7.40. The molecule has 1 nitrogen and oxygen atoms in total. The average molecular weight is 306 g/mol. The van der Waals surface area contributed by atoms with Gasteiger partial charge < -0.3 is 5.32 Å². The maximum atomic E-state index is 13.2. The molecule has 1 unspecified atom stereocenters. The number of anilines is 1. The molecule has 112 valence electrons. The van der Waals surface area contributed by atoms with E-state index in [1.54, 1.807) is 12.1 Å². The smallest absolute Gasteiger partial charge is 0.141 e. The Morgan fingerprint density at radius 2 is 1.86 bits per heavy atom. The van der Waals surface area contributed by atoms with Crippen molar-refractivity contribution in [3.63, 3.8) is 0 Å². The van der Waals surface area contributed by atoms with Gasteiger partial charge in [-0.25, -0.2) is 4.39 Å². The van der Waals surface area contributed by atoms with Crippen LogP contribution in [0.3, 0.4) is 0 Å². The highest BCUT2D eigenvalue weighted by molar-refractivity contribution is 6.30. The molecule has 0 aliphatic carbocycles. The topological polar surface area (TPSA) is 12.0 Å². The van der Waals surface area contributed by atoms with E-state index in [2.05, 4.69) is 36.5 Å². The van der Waals surface area contributed by atoms with Crippen molar-refractivity contribution in [3.05, 3.63) is 64.4 Å². The van der Waals surface area contributed by atoms with Crippen molar-refractivity contribution in [2.45, 2.75) is 39.2 Å². The molecular weight excluding hydrogens is 285 g/mol. The van der Waals surface area contributed by atoms with E-state index in [1.807, 2.05) is 6.92 Å². The molecule has 2 rings (SSSR count). The standard InChI is InChI=1S/C18H21ClFN/c1-3-4-5-14-6-9-16(10-7-14)21-13(2)15-8-11-18(20)17(19)12-15/h6-13,21H,3-5H2,1-2H3. The average Bonchev–Trinajstić information content (AvgIpc) is 2.49. The minimum absolute atomic E-state index is 0.0737. The molecule has 0 radical (unpaired) electrons. The molecule has 0 spiro atoms. The third-order valence-corrected chi connectivity index (χ3v) is 3.89. The molecule has 1 N–H and O–H groups in total. The van der Waals surface area contributed by atoms with Crippen LogP contribution < -0.4 is 5.32 Å². The summed E-state index contributed by atoms with van der Waals surface area (Å²) in [5.41, 5.74) is 3.39. The third-order valence-electron chi connectivity index (χ3n) is 3.60. The number of hydrogen-bond acceptors (Lipinski definition) is 1. The van der Waals surface area contributed by atoms with Crippen molar-refractivity contribution >= 4 is 17.3 Å². The summed E-state index contributed by atoms with van der Waals surface area (Å²) in [5.74, 6) is -0.382. The Kier molecular flexibility index (Phi) is 5.63. The summed E-state index contributed by atoms with van der Waals surface area (Å²) in [6.45, 7) is 4.24. The zero-order valence-corrected chi connectivity index (χ0v) is 13.3. The molecule has 2 aromatic rings. The number of aryl methyl sites for hydroxylation is 1. The molecule has 0 fully saturated rings. The minimum atomic E-state index is -0.382. The van der Waals surface area contributed by atoms with Gasteiger partial charge in [0.1, 0.15) is 5.82 Å². The van der Waals surface area contributed by atoms with Crippen molar-refractivity contribution in [1.29, 1.82) is 0 Å². The van der Waals surface area contributed by atoms with Crippen molar-refractivity contribution in [3.8, 4) is 0 Å². The van der Waals surface area contributed by atoms with Crippen molar-refractivity contribution in [2.24, 2.45) is 0 Å². The molecule has 0 aliphatic heterocycles. The normalized spacial score (nSPS) is 12.2. The Bertz CT molecular complexity index is 580. The Balaban J connectivity index is 2.01. The van der Waals surface area contributed by atoms with Gasteiger partial charge in [-0.2, -0.15) is 0 Å². The quantitative estimate of drug-likeness (QED) is 0.690. The fourth-order valence-corrected chi connectivity index (χ4v) is 2.45. The summed E-state index contributed by atoms with van der Waals surface area (Å²) in [5, 5.41) is 3.57. The number of rotatable bonds is 6. The number of benzene rings is 2. The Morgan fingerprint density at radius 1 is 1.14 bits per heavy atom. The van der Waals surface area contributed by atoms with E-state index in [0.29, 0.717) is 0 Å². The Hall–Kier alpha value is -1.54. The van der Waals surface area contributed by atoms with Gasteiger partial charge in [0.25, 0.3) is 0 Å². The molecule has 3 heteroatoms. The highest BCUT2D eigenvalue weighted by atomic mass is 35.5. The van der Waals surface area contributed by atoms with Crippen LogP contribution in [0.5, 0.6) is 0 Å². The number of halogens is 2. The summed E-state index contributed by atoms with van der Waals surface area (Å²) >= 11 is 5.83. The van der Waals surface area contributed by atoms with E-state index < -0.39 is 0 Å². The van der Waals surface area contributed by atoms with E-state index >= 15 is 0 Å². The zero-order valence-electron chi connectivity index (χ0n) is 12.5. The maximum Gasteiger partial charge on any atom is 0.141 e. The van der Waals surface area contributed by atoms with Crippen LogP contribution in [0.25, 0.3) is 0 Å². The van der Waals surface area contributed by atoms with E-state index in [4.69, 9.17) is 11.6 Å². The van der Waals surface area contributed by atoms with Crippen LogP contribution >= 0.6 is 11.6 Å². The summed E-state index contributed by atoms with van der Waals surface area (Å²) < 4.78 is 13.2. The van der Waals surface area contributed by atoms with Crippen LogP contribution in [0.2, 0.25) is 5.02 Å². The van der Waals surface area contributed by atoms with Gasteiger partial charge in [0.05, 0.1) is 5.02 Å². The van der Waals surface area contributed by atoms with Crippen LogP contribution in [0.4, 0.5) is 10.1 Å². The predicted octanol–water partition coefficient (Wildman–Crippen LogP) is 5.99. The monoisotopic (exact) mass is 305 g/mol. The first-order chi connectivity index (χ1) is 10.1. The first kappa shape index (κ1) is 15.8. The number of nitrogens with one attached hydrogen (secondary N) is 1. The molecule has 1 atom stereocenters. The lowest BCUT2D eigenvalue weighted by Gasteiger charge is -2.16. The molecule has 2 aromatic carbocycles. The highest BCUT2D eigenvalue weighted by Crippen LogP contribution is 2.24. The van der Waals surface area contributed by atoms with Gasteiger partial charge in [0.2, 0.25) is 0 Å². The van der Waals surface area contributed by atoms with Gasteiger partial charge in [-0.1, -0.05) is 43.1 Å². The third kappa shape index (κ3) is 4.47. The Morgan fingerprint density at radius 3 is 2.48 bits per heavy atom. The zero-order chi connectivity index (χ0) is 15.2. The van der Waals surface area contributed by atoms with Gasteiger partial charge >= 0.3 is 0 Å². The van der Waals surface area contributed by atoms with Crippen LogP contribution in [-0.4, -0.2) is 0 Å². The number of hydrogen-bond donors (Lipinski definition) is 1. The molecule has 0 aromatic heterocycles. The molecule has 0 saturated carbocycles. The molecule has 0 saturated heterocycles.